The maximum atomic E-state index is 12.1. The molecule has 1 aliphatic heterocycles. The van der Waals surface area contributed by atoms with Gasteiger partial charge in [-0.15, -0.1) is 0 Å². The van der Waals surface area contributed by atoms with Crippen molar-refractivity contribution < 1.29 is 33.9 Å². The molecule has 0 aromatic heterocycles. The van der Waals surface area contributed by atoms with Crippen LogP contribution in [0, 0.1) is 16.0 Å². The number of esters is 1. The number of benzene rings is 1. The molecule has 1 saturated heterocycles. The Morgan fingerprint density at radius 1 is 1.33 bits per heavy atom. The number of nitro benzene ring substituents is 1. The number of hydrogen-bond acceptors (Lipinski definition) is 7. The van der Waals surface area contributed by atoms with Gasteiger partial charge in [0.05, 0.1) is 10.8 Å². The molecule has 1 aromatic rings. The predicted molar refractivity (Wildman–Crippen MR) is 88.3 cm³/mol. The van der Waals surface area contributed by atoms with Gasteiger partial charge in [0.1, 0.15) is 6.61 Å². The van der Waals surface area contributed by atoms with Gasteiger partial charge in [0.2, 0.25) is 5.91 Å². The minimum Gasteiger partial charge on any atom is -0.452 e. The van der Waals surface area contributed by atoms with E-state index in [1.807, 2.05) is 0 Å². The Labute approximate surface area is 152 Å². The van der Waals surface area contributed by atoms with E-state index in [-0.39, 0.29) is 37.6 Å². The van der Waals surface area contributed by atoms with Gasteiger partial charge in [0.25, 0.3) is 11.5 Å². The van der Waals surface area contributed by atoms with Crippen molar-refractivity contribution in [1.82, 2.24) is 5.32 Å². The monoisotopic (exact) mass is 376 g/mol. The lowest BCUT2D eigenvalue weighted by molar-refractivity contribution is -0.384. The smallest absolute Gasteiger partial charge is 0.441 e. The number of aliphatic hydroxyl groups excluding tert-OH is 1. The third-order valence-electron chi connectivity index (χ3n) is 4.07. The summed E-state index contributed by atoms with van der Waals surface area (Å²) in [6.45, 7) is -0.503. The normalized spacial score (nSPS) is 17.9. The van der Waals surface area contributed by atoms with Crippen LogP contribution in [0.3, 0.4) is 0 Å². The molecule has 1 heterocycles. The Balaban J connectivity index is 1.91. The van der Waals surface area contributed by atoms with E-state index in [1.54, 1.807) is 0 Å². The molecule has 1 aromatic carbocycles. The van der Waals surface area contributed by atoms with Gasteiger partial charge in [-0.3, -0.25) is 19.7 Å². The minimum atomic E-state index is -1.16. The highest BCUT2D eigenvalue weighted by Crippen LogP contribution is 2.21. The van der Waals surface area contributed by atoms with Crippen molar-refractivity contribution in [2.24, 2.45) is 5.92 Å². The summed E-state index contributed by atoms with van der Waals surface area (Å²) >= 11 is 0. The third-order valence-corrected chi connectivity index (χ3v) is 4.07. The second-order valence-electron chi connectivity index (χ2n) is 5.81. The SMILES string of the molecule is [N-]=[N+]=C(C(=O)C[C@H]1NC(=O)[C@H]1CCO)C(=O)OCc1ccc([N+](=O)[O-])cc1. The number of ether oxygens (including phenoxy) is 1. The summed E-state index contributed by atoms with van der Waals surface area (Å²) in [5.41, 5.74) is 8.44. The maximum Gasteiger partial charge on any atom is 0.441 e. The van der Waals surface area contributed by atoms with E-state index in [0.717, 1.165) is 0 Å². The molecule has 2 atom stereocenters. The van der Waals surface area contributed by atoms with Crippen LogP contribution in [0.5, 0.6) is 0 Å². The second kappa shape index (κ2) is 8.79. The molecule has 0 saturated carbocycles. The third kappa shape index (κ3) is 4.81. The van der Waals surface area contributed by atoms with Crippen molar-refractivity contribution in [3.63, 3.8) is 0 Å². The van der Waals surface area contributed by atoms with Gasteiger partial charge in [0.15, 0.2) is 0 Å². The van der Waals surface area contributed by atoms with E-state index in [2.05, 4.69) is 10.1 Å². The van der Waals surface area contributed by atoms with Crippen LogP contribution >= 0.6 is 0 Å². The molecule has 1 aliphatic rings. The highest BCUT2D eigenvalue weighted by molar-refractivity contribution is 6.62. The highest BCUT2D eigenvalue weighted by Gasteiger charge is 2.43. The Kier molecular flexibility index (Phi) is 6.47. The number of Topliss-reactive ketones (excluding diaryl/α,β-unsaturated/α-hetero) is 1. The summed E-state index contributed by atoms with van der Waals surface area (Å²) in [5, 5.41) is 22.0. The minimum absolute atomic E-state index is 0.127. The summed E-state index contributed by atoms with van der Waals surface area (Å²) in [6, 6.07) is 4.67. The van der Waals surface area contributed by atoms with Crippen molar-refractivity contribution in [2.45, 2.75) is 25.5 Å². The fourth-order valence-corrected chi connectivity index (χ4v) is 2.58. The van der Waals surface area contributed by atoms with E-state index in [9.17, 15) is 24.5 Å². The molecule has 142 valence electrons. The summed E-state index contributed by atoms with van der Waals surface area (Å²) in [4.78, 5) is 48.1. The Morgan fingerprint density at radius 2 is 2.00 bits per heavy atom. The summed E-state index contributed by atoms with van der Waals surface area (Å²) < 4.78 is 4.88. The van der Waals surface area contributed by atoms with Crippen LogP contribution < -0.4 is 5.32 Å². The number of nitrogens with zero attached hydrogens (tertiary/aromatic N) is 3. The number of amides is 1. The zero-order chi connectivity index (χ0) is 20.0. The first kappa shape index (κ1) is 19.9. The zero-order valence-electron chi connectivity index (χ0n) is 14.0. The van der Waals surface area contributed by atoms with Gasteiger partial charge >= 0.3 is 11.7 Å². The molecule has 1 fully saturated rings. The average molecular weight is 376 g/mol. The summed E-state index contributed by atoms with van der Waals surface area (Å²) in [7, 11) is 0. The predicted octanol–water partition coefficient (Wildman–Crippen LogP) is -0.235. The molecular weight excluding hydrogens is 360 g/mol. The molecule has 11 nitrogen and oxygen atoms in total. The molecule has 2 N–H and O–H groups in total. The molecule has 0 bridgehead atoms. The zero-order valence-corrected chi connectivity index (χ0v) is 14.0. The lowest BCUT2D eigenvalue weighted by atomic mass is 9.84. The van der Waals surface area contributed by atoms with E-state index in [1.165, 1.54) is 24.3 Å². The quantitative estimate of drug-likeness (QED) is 0.0874. The summed E-state index contributed by atoms with van der Waals surface area (Å²) in [6.07, 6.45) is -0.0948. The number of aliphatic hydroxyl groups is 1. The van der Waals surface area contributed by atoms with E-state index in [4.69, 9.17) is 15.4 Å². The molecule has 0 aliphatic carbocycles. The fourth-order valence-electron chi connectivity index (χ4n) is 2.58. The maximum absolute atomic E-state index is 12.1. The standard InChI is InChI=1S/C16H16N4O7/c17-19-14(13(22)7-12-11(5-6-21)15(23)18-12)16(24)27-8-9-1-3-10(4-2-9)20(25)26/h1-4,11-12,21H,5-8H2,(H,18,23)/t11-,12+/m0/s1. The number of β-lactam (4-membered cyclic amide) rings is 1. The van der Waals surface area contributed by atoms with Crippen LogP contribution in [0.25, 0.3) is 5.53 Å². The van der Waals surface area contributed by atoms with Crippen molar-refractivity contribution in [3.8, 4) is 0 Å². The van der Waals surface area contributed by atoms with Crippen LogP contribution in [0.4, 0.5) is 5.69 Å². The van der Waals surface area contributed by atoms with Gasteiger partial charge in [-0.1, -0.05) is 0 Å². The van der Waals surface area contributed by atoms with Crippen molar-refractivity contribution >= 4 is 29.1 Å². The molecule has 11 heteroatoms. The van der Waals surface area contributed by atoms with Gasteiger partial charge in [-0.2, -0.15) is 4.79 Å². The highest BCUT2D eigenvalue weighted by atomic mass is 16.6. The fraction of sp³-hybridized carbons (Fsp3) is 0.375. The topological polar surface area (TPSA) is 172 Å². The number of nitro groups is 1. The number of nitrogens with one attached hydrogen (secondary N) is 1. The number of carbonyl (C=O) groups is 3. The number of carbonyl (C=O) groups excluding carboxylic acids is 3. The molecule has 2 rings (SSSR count). The average Bonchev–Trinajstić information content (AvgIpc) is 2.65. The lowest BCUT2D eigenvalue weighted by Gasteiger charge is -2.35. The number of non-ortho nitro benzene ring substituents is 1. The largest absolute Gasteiger partial charge is 0.452 e. The molecule has 27 heavy (non-hydrogen) atoms. The molecular formula is C16H16N4O7. The van der Waals surface area contributed by atoms with Gasteiger partial charge in [-0.25, -0.2) is 4.79 Å². The molecule has 0 spiro atoms. The van der Waals surface area contributed by atoms with E-state index < -0.39 is 34.3 Å². The number of hydrogen-bond donors (Lipinski definition) is 2. The van der Waals surface area contributed by atoms with Crippen LogP contribution in [-0.4, -0.2) is 50.8 Å². The molecule has 0 radical (unpaired) electrons. The first-order valence-corrected chi connectivity index (χ1v) is 7.94. The van der Waals surface area contributed by atoms with Crippen molar-refractivity contribution in [2.75, 3.05) is 6.61 Å². The number of ketones is 1. The first-order chi connectivity index (χ1) is 12.9. The number of rotatable bonds is 9. The first-order valence-electron chi connectivity index (χ1n) is 7.94. The van der Waals surface area contributed by atoms with E-state index >= 15 is 0 Å². The lowest BCUT2D eigenvalue weighted by Crippen LogP contribution is -2.59. The molecule has 0 unspecified atom stereocenters. The Hall–Kier alpha value is -3.43. The van der Waals surface area contributed by atoms with Crippen molar-refractivity contribution in [1.29, 1.82) is 0 Å². The van der Waals surface area contributed by atoms with E-state index in [0.29, 0.717) is 5.56 Å². The summed E-state index contributed by atoms with van der Waals surface area (Å²) in [5.74, 6) is -2.83. The van der Waals surface area contributed by atoms with Crippen molar-refractivity contribution in [3.05, 3.63) is 45.5 Å². The van der Waals surface area contributed by atoms with Gasteiger partial charge < -0.3 is 20.7 Å². The van der Waals surface area contributed by atoms with Gasteiger partial charge in [0, 0.05) is 31.2 Å². The van der Waals surface area contributed by atoms with Crippen LogP contribution in [0.1, 0.15) is 18.4 Å². The second-order valence-corrected chi connectivity index (χ2v) is 5.81. The van der Waals surface area contributed by atoms with Gasteiger partial charge in [-0.05, 0) is 24.1 Å². The molecule has 1 amide bonds. The Morgan fingerprint density at radius 3 is 2.52 bits per heavy atom. The Bertz CT molecular complexity index is 815. The van der Waals surface area contributed by atoms with Crippen LogP contribution in [-0.2, 0) is 25.7 Å². The van der Waals surface area contributed by atoms with Crippen LogP contribution in [0.2, 0.25) is 0 Å². The van der Waals surface area contributed by atoms with Crippen LogP contribution in [0.15, 0.2) is 24.3 Å².